The number of nitrogens with one attached hydrogen (secondary N) is 1. The van der Waals surface area contributed by atoms with Crippen LogP contribution in [0, 0.1) is 16.0 Å². The highest BCUT2D eigenvalue weighted by atomic mass is 16.6. The van der Waals surface area contributed by atoms with Crippen LogP contribution in [-0.4, -0.2) is 34.5 Å². The number of anilines is 1. The van der Waals surface area contributed by atoms with E-state index in [4.69, 9.17) is 4.74 Å². The molecule has 2 aliphatic rings. The van der Waals surface area contributed by atoms with E-state index in [1.807, 2.05) is 6.07 Å². The lowest BCUT2D eigenvalue weighted by atomic mass is 9.99. The van der Waals surface area contributed by atoms with E-state index in [1.165, 1.54) is 18.2 Å². The first-order chi connectivity index (χ1) is 14.0. The fraction of sp³-hybridized carbons (Fsp3) is 0.158. The van der Waals surface area contributed by atoms with Crippen LogP contribution in [-0.2, 0) is 25.7 Å². The maximum atomic E-state index is 12.9. The van der Waals surface area contributed by atoms with Gasteiger partial charge < -0.3 is 4.74 Å². The number of non-ortho nitro benzene ring substituents is 1. The minimum absolute atomic E-state index is 0.00713. The molecule has 0 spiro atoms. The summed E-state index contributed by atoms with van der Waals surface area (Å²) >= 11 is 0. The summed E-state index contributed by atoms with van der Waals surface area (Å²) in [6.45, 7) is -0.00713. The second-order valence-electron chi connectivity index (χ2n) is 6.43. The van der Waals surface area contributed by atoms with Gasteiger partial charge in [0.05, 0.1) is 10.6 Å². The molecule has 1 fully saturated rings. The maximum absolute atomic E-state index is 12.9. The average molecular weight is 394 g/mol. The zero-order valence-corrected chi connectivity index (χ0v) is 14.8. The molecular weight excluding hydrogens is 380 g/mol. The van der Waals surface area contributed by atoms with E-state index in [1.54, 1.807) is 24.3 Å². The lowest BCUT2D eigenvalue weighted by molar-refractivity contribution is -0.384. The summed E-state index contributed by atoms with van der Waals surface area (Å²) in [6.07, 6.45) is 0. The highest BCUT2D eigenvalue weighted by Gasteiger charge is 2.55. The Hall–Kier alpha value is -4.08. The summed E-state index contributed by atoms with van der Waals surface area (Å²) in [5, 5.41) is 14.8. The summed E-state index contributed by atoms with van der Waals surface area (Å²) in [4.78, 5) is 49.2. The molecule has 10 nitrogen and oxygen atoms in total. The Balaban J connectivity index is 1.53. The molecule has 2 aliphatic heterocycles. The number of nitrogens with zero attached hydrogens (tertiary/aromatic N) is 3. The van der Waals surface area contributed by atoms with Gasteiger partial charge in [-0.2, -0.15) is 5.10 Å². The first-order valence-corrected chi connectivity index (χ1v) is 8.64. The van der Waals surface area contributed by atoms with Gasteiger partial charge in [0.15, 0.2) is 5.71 Å². The number of carbonyl (C=O) groups excluding carboxylic acids is 3. The zero-order chi connectivity index (χ0) is 20.5. The largest absolute Gasteiger partial charge is 0.456 e. The molecule has 1 saturated heterocycles. The molecule has 2 amide bonds. The van der Waals surface area contributed by atoms with Crippen LogP contribution >= 0.6 is 0 Å². The van der Waals surface area contributed by atoms with Gasteiger partial charge in [0, 0.05) is 12.1 Å². The Morgan fingerprint density at radius 3 is 2.62 bits per heavy atom. The zero-order valence-electron chi connectivity index (χ0n) is 14.8. The summed E-state index contributed by atoms with van der Waals surface area (Å²) in [5.74, 6) is -3.29. The molecule has 0 aliphatic carbocycles. The van der Waals surface area contributed by atoms with Crippen molar-refractivity contribution in [3.63, 3.8) is 0 Å². The van der Waals surface area contributed by atoms with Crippen LogP contribution in [0.15, 0.2) is 59.7 Å². The molecule has 2 aromatic rings. The number of imide groups is 1. The quantitative estimate of drug-likeness (QED) is 0.348. The van der Waals surface area contributed by atoms with Crippen LogP contribution in [0.1, 0.15) is 5.56 Å². The second-order valence-corrected chi connectivity index (χ2v) is 6.43. The fourth-order valence-corrected chi connectivity index (χ4v) is 3.25. The van der Waals surface area contributed by atoms with Crippen molar-refractivity contribution in [1.82, 2.24) is 5.43 Å². The Kier molecular flexibility index (Phi) is 4.51. The highest BCUT2D eigenvalue weighted by Crippen LogP contribution is 2.32. The number of esters is 1. The number of amides is 2. The standard InChI is InChI=1S/C19H14N4O6/c24-17-14-15(18(25)22(17)12-7-4-8-13(9-12)23(27)28)20-21-16(14)19(26)29-10-11-5-2-1-3-6-11/h1-9,14-15,20H,10H2. The van der Waals surface area contributed by atoms with Crippen molar-refractivity contribution in [2.75, 3.05) is 4.90 Å². The molecule has 0 radical (unpaired) electrons. The number of hydrogen-bond acceptors (Lipinski definition) is 8. The number of rotatable bonds is 5. The lowest BCUT2D eigenvalue weighted by Crippen LogP contribution is -2.36. The van der Waals surface area contributed by atoms with Gasteiger partial charge in [-0.25, -0.2) is 9.69 Å². The maximum Gasteiger partial charge on any atom is 0.355 e. The van der Waals surface area contributed by atoms with Gasteiger partial charge in [-0.15, -0.1) is 0 Å². The van der Waals surface area contributed by atoms with Crippen molar-refractivity contribution in [1.29, 1.82) is 0 Å². The monoisotopic (exact) mass is 394 g/mol. The van der Waals surface area contributed by atoms with Crippen LogP contribution < -0.4 is 10.3 Å². The Bertz CT molecular complexity index is 1050. The topological polar surface area (TPSA) is 131 Å². The number of carbonyl (C=O) groups is 3. The molecule has 0 saturated carbocycles. The van der Waals surface area contributed by atoms with Gasteiger partial charge in [0.25, 0.3) is 11.6 Å². The van der Waals surface area contributed by atoms with Crippen LogP contribution in [0.3, 0.4) is 0 Å². The fourth-order valence-electron chi connectivity index (χ4n) is 3.25. The number of nitro groups is 1. The van der Waals surface area contributed by atoms with Gasteiger partial charge in [-0.05, 0) is 11.6 Å². The smallest absolute Gasteiger partial charge is 0.355 e. The molecular formula is C19H14N4O6. The van der Waals surface area contributed by atoms with E-state index in [-0.39, 0.29) is 23.7 Å². The minimum Gasteiger partial charge on any atom is -0.456 e. The third kappa shape index (κ3) is 3.20. The predicted molar refractivity (Wildman–Crippen MR) is 99.7 cm³/mol. The third-order valence-corrected chi connectivity index (χ3v) is 4.65. The Morgan fingerprint density at radius 2 is 1.90 bits per heavy atom. The van der Waals surface area contributed by atoms with Crippen molar-refractivity contribution in [3.05, 3.63) is 70.3 Å². The van der Waals surface area contributed by atoms with Crippen molar-refractivity contribution in [3.8, 4) is 0 Å². The van der Waals surface area contributed by atoms with Crippen LogP contribution in [0.5, 0.6) is 0 Å². The van der Waals surface area contributed by atoms with E-state index in [0.29, 0.717) is 0 Å². The SMILES string of the molecule is O=C(OCc1ccccc1)C1=NNC2C(=O)N(c3cccc([N+](=O)[O-])c3)C(=O)C12. The van der Waals surface area contributed by atoms with E-state index in [2.05, 4.69) is 10.5 Å². The summed E-state index contributed by atoms with van der Waals surface area (Å²) in [6, 6.07) is 13.1. The van der Waals surface area contributed by atoms with Crippen molar-refractivity contribution in [2.24, 2.45) is 11.0 Å². The molecule has 10 heteroatoms. The molecule has 29 heavy (non-hydrogen) atoms. The molecule has 2 heterocycles. The van der Waals surface area contributed by atoms with Crippen LogP contribution in [0.4, 0.5) is 11.4 Å². The van der Waals surface area contributed by atoms with E-state index >= 15 is 0 Å². The summed E-state index contributed by atoms with van der Waals surface area (Å²) < 4.78 is 5.21. The van der Waals surface area contributed by atoms with Gasteiger partial charge in [-0.1, -0.05) is 36.4 Å². The first-order valence-electron chi connectivity index (χ1n) is 8.64. The van der Waals surface area contributed by atoms with Crippen LogP contribution in [0.2, 0.25) is 0 Å². The minimum atomic E-state index is -1.15. The van der Waals surface area contributed by atoms with Gasteiger partial charge in [-0.3, -0.25) is 25.1 Å². The Morgan fingerprint density at radius 1 is 1.14 bits per heavy atom. The number of hydrazone groups is 1. The van der Waals surface area contributed by atoms with Gasteiger partial charge in [0.2, 0.25) is 5.91 Å². The number of fused-ring (bicyclic) bond motifs is 1. The molecule has 1 N–H and O–H groups in total. The van der Waals surface area contributed by atoms with Crippen molar-refractivity contribution in [2.45, 2.75) is 12.6 Å². The van der Waals surface area contributed by atoms with E-state index in [9.17, 15) is 24.5 Å². The molecule has 146 valence electrons. The van der Waals surface area contributed by atoms with Crippen LogP contribution in [0.25, 0.3) is 0 Å². The van der Waals surface area contributed by atoms with Gasteiger partial charge in [0.1, 0.15) is 18.6 Å². The Labute approximate surface area is 163 Å². The molecule has 0 aromatic heterocycles. The molecule has 4 rings (SSSR count). The van der Waals surface area contributed by atoms with Gasteiger partial charge >= 0.3 is 5.97 Å². The van der Waals surface area contributed by atoms with E-state index in [0.717, 1.165) is 16.5 Å². The number of nitro benzene ring substituents is 1. The average Bonchev–Trinajstić information content (AvgIpc) is 3.27. The van der Waals surface area contributed by atoms with Crippen molar-refractivity contribution >= 4 is 34.9 Å². The van der Waals surface area contributed by atoms with E-state index < -0.39 is 34.7 Å². The number of ether oxygens (including phenoxy) is 1. The molecule has 0 bridgehead atoms. The number of benzene rings is 2. The predicted octanol–water partition coefficient (Wildman–Crippen LogP) is 1.16. The first kappa shape index (κ1) is 18.3. The summed E-state index contributed by atoms with van der Waals surface area (Å²) in [7, 11) is 0. The molecule has 2 atom stereocenters. The lowest BCUT2D eigenvalue weighted by Gasteiger charge is -2.15. The normalized spacial score (nSPS) is 20.1. The molecule has 2 aromatic carbocycles. The molecule has 2 unspecified atom stereocenters. The second kappa shape index (κ2) is 7.15. The summed E-state index contributed by atoms with van der Waals surface area (Å²) in [5.41, 5.74) is 2.87. The number of hydrogen-bond donors (Lipinski definition) is 1. The van der Waals surface area contributed by atoms with Crippen molar-refractivity contribution < 1.29 is 24.0 Å². The highest BCUT2D eigenvalue weighted by molar-refractivity contribution is 6.46. The third-order valence-electron chi connectivity index (χ3n) is 4.65.